The molecule has 1 aliphatic rings. The molecule has 2 heterocycles. The molecule has 8 heteroatoms. The van der Waals surface area contributed by atoms with E-state index in [0.717, 1.165) is 16.8 Å². The Labute approximate surface area is 164 Å². The van der Waals surface area contributed by atoms with Crippen molar-refractivity contribution in [1.82, 2.24) is 15.1 Å². The van der Waals surface area contributed by atoms with E-state index in [1.54, 1.807) is 12.4 Å². The van der Waals surface area contributed by atoms with Gasteiger partial charge in [0.1, 0.15) is 12.6 Å². The highest BCUT2D eigenvalue weighted by atomic mass is 16.3. The second-order valence-corrected chi connectivity index (χ2v) is 7.22. The molecule has 28 heavy (non-hydrogen) atoms. The molecule has 0 bridgehead atoms. The van der Waals surface area contributed by atoms with Gasteiger partial charge in [0.25, 0.3) is 0 Å². The molecule has 2 aromatic rings. The first kappa shape index (κ1) is 19.9. The summed E-state index contributed by atoms with van der Waals surface area (Å²) < 4.78 is 1.50. The summed E-state index contributed by atoms with van der Waals surface area (Å²) >= 11 is 0. The average molecular weight is 385 g/mol. The SMILES string of the molecule is Cc1cc(C)c(N2CCC(Nc3cnn(CC(=O)NCCO)c3)C2=O)c(C)c1. The minimum absolute atomic E-state index is 0.0449. The molecule has 3 N–H and O–H groups in total. The third-order valence-corrected chi connectivity index (χ3v) is 4.82. The Morgan fingerprint density at radius 3 is 2.68 bits per heavy atom. The van der Waals surface area contributed by atoms with E-state index in [-0.39, 0.29) is 37.6 Å². The lowest BCUT2D eigenvalue weighted by molar-refractivity contribution is -0.122. The molecule has 2 amide bonds. The number of hydrogen-bond acceptors (Lipinski definition) is 5. The van der Waals surface area contributed by atoms with Crippen LogP contribution in [0.1, 0.15) is 23.1 Å². The molecular weight excluding hydrogens is 358 g/mol. The highest BCUT2D eigenvalue weighted by Gasteiger charge is 2.34. The van der Waals surface area contributed by atoms with Crippen LogP contribution in [0, 0.1) is 20.8 Å². The molecule has 0 radical (unpaired) electrons. The predicted octanol–water partition coefficient (Wildman–Crippen LogP) is 1.13. The van der Waals surface area contributed by atoms with Gasteiger partial charge in [-0.15, -0.1) is 0 Å². The fourth-order valence-electron chi connectivity index (χ4n) is 3.76. The van der Waals surface area contributed by atoms with Crippen molar-refractivity contribution < 1.29 is 14.7 Å². The summed E-state index contributed by atoms with van der Waals surface area (Å²) in [6.45, 7) is 6.98. The highest BCUT2D eigenvalue weighted by molar-refractivity contribution is 6.02. The number of aryl methyl sites for hydroxylation is 3. The second-order valence-electron chi connectivity index (χ2n) is 7.22. The molecular formula is C20H27N5O3. The Morgan fingerprint density at radius 2 is 2.00 bits per heavy atom. The zero-order chi connectivity index (χ0) is 20.3. The standard InChI is InChI=1S/C20H27N5O3/c1-13-8-14(2)19(15(3)9-13)25-6-4-17(20(25)28)23-16-10-22-24(11-16)12-18(27)21-5-7-26/h8-11,17,23,26H,4-7,12H2,1-3H3,(H,21,27). The van der Waals surface area contributed by atoms with Crippen molar-refractivity contribution in [3.8, 4) is 0 Å². The van der Waals surface area contributed by atoms with E-state index in [0.29, 0.717) is 18.7 Å². The van der Waals surface area contributed by atoms with Gasteiger partial charge in [0.15, 0.2) is 0 Å². The molecule has 0 saturated carbocycles. The van der Waals surface area contributed by atoms with Gasteiger partial charge in [0, 0.05) is 25.0 Å². The van der Waals surface area contributed by atoms with Crippen LogP contribution in [-0.2, 0) is 16.1 Å². The number of amides is 2. The van der Waals surface area contributed by atoms with Gasteiger partial charge in [-0.05, 0) is 38.3 Å². The van der Waals surface area contributed by atoms with Crippen LogP contribution in [0.2, 0.25) is 0 Å². The van der Waals surface area contributed by atoms with E-state index in [1.165, 1.54) is 10.2 Å². The number of aromatic nitrogens is 2. The van der Waals surface area contributed by atoms with Crippen molar-refractivity contribution in [2.24, 2.45) is 0 Å². The number of nitrogens with zero attached hydrogens (tertiary/aromatic N) is 3. The summed E-state index contributed by atoms with van der Waals surface area (Å²) in [5.74, 6) is -0.180. The molecule has 0 aliphatic carbocycles. The number of benzene rings is 1. The second kappa shape index (κ2) is 8.43. The molecule has 1 fully saturated rings. The number of carbonyl (C=O) groups excluding carboxylic acids is 2. The average Bonchev–Trinajstić information content (AvgIpc) is 3.21. The monoisotopic (exact) mass is 385 g/mol. The topological polar surface area (TPSA) is 99.5 Å². The van der Waals surface area contributed by atoms with Crippen molar-refractivity contribution in [3.63, 3.8) is 0 Å². The summed E-state index contributed by atoms with van der Waals surface area (Å²) in [5.41, 5.74) is 5.10. The van der Waals surface area contributed by atoms with Crippen LogP contribution >= 0.6 is 0 Å². The molecule has 150 valence electrons. The normalized spacial score (nSPS) is 16.5. The van der Waals surface area contributed by atoms with Crippen LogP contribution in [0.15, 0.2) is 24.5 Å². The Morgan fingerprint density at radius 1 is 1.29 bits per heavy atom. The largest absolute Gasteiger partial charge is 0.395 e. The highest BCUT2D eigenvalue weighted by Crippen LogP contribution is 2.30. The van der Waals surface area contributed by atoms with Crippen molar-refractivity contribution >= 4 is 23.2 Å². The molecule has 1 saturated heterocycles. The first-order valence-electron chi connectivity index (χ1n) is 9.45. The zero-order valence-corrected chi connectivity index (χ0v) is 16.5. The third kappa shape index (κ3) is 4.33. The van der Waals surface area contributed by atoms with E-state index in [1.807, 2.05) is 18.7 Å². The summed E-state index contributed by atoms with van der Waals surface area (Å²) in [6.07, 6.45) is 4.02. The summed E-state index contributed by atoms with van der Waals surface area (Å²) in [7, 11) is 0. The number of anilines is 2. The Kier molecular flexibility index (Phi) is 5.99. The lowest BCUT2D eigenvalue weighted by atomic mass is 10.0. The molecule has 3 rings (SSSR count). The third-order valence-electron chi connectivity index (χ3n) is 4.82. The van der Waals surface area contributed by atoms with Gasteiger partial charge >= 0.3 is 0 Å². The summed E-state index contributed by atoms with van der Waals surface area (Å²) in [6, 6.07) is 3.88. The number of nitrogens with one attached hydrogen (secondary N) is 2. The van der Waals surface area contributed by atoms with E-state index < -0.39 is 0 Å². The van der Waals surface area contributed by atoms with Crippen LogP contribution in [0.5, 0.6) is 0 Å². The van der Waals surface area contributed by atoms with Crippen molar-refractivity contribution in [2.75, 3.05) is 29.9 Å². The van der Waals surface area contributed by atoms with Crippen LogP contribution in [0.4, 0.5) is 11.4 Å². The van der Waals surface area contributed by atoms with Crippen LogP contribution in [0.25, 0.3) is 0 Å². The number of carbonyl (C=O) groups is 2. The number of aliphatic hydroxyl groups excluding tert-OH is 1. The maximum Gasteiger partial charge on any atom is 0.249 e. The van der Waals surface area contributed by atoms with Crippen molar-refractivity contribution in [3.05, 3.63) is 41.2 Å². The molecule has 1 aromatic carbocycles. The summed E-state index contributed by atoms with van der Waals surface area (Å²) in [5, 5.41) is 18.7. The molecule has 0 spiro atoms. The maximum atomic E-state index is 13.0. The molecule has 8 nitrogen and oxygen atoms in total. The van der Waals surface area contributed by atoms with Crippen LogP contribution < -0.4 is 15.5 Å². The minimum atomic E-state index is -0.319. The smallest absolute Gasteiger partial charge is 0.249 e. The van der Waals surface area contributed by atoms with Gasteiger partial charge < -0.3 is 20.6 Å². The first-order valence-corrected chi connectivity index (χ1v) is 9.45. The lowest BCUT2D eigenvalue weighted by Crippen LogP contribution is -2.34. The van der Waals surface area contributed by atoms with E-state index in [4.69, 9.17) is 5.11 Å². The van der Waals surface area contributed by atoms with Gasteiger partial charge in [-0.3, -0.25) is 14.3 Å². The molecule has 1 atom stereocenters. The van der Waals surface area contributed by atoms with Crippen molar-refractivity contribution in [2.45, 2.75) is 39.8 Å². The fraction of sp³-hybridized carbons (Fsp3) is 0.450. The molecule has 1 aliphatic heterocycles. The Bertz CT molecular complexity index is 853. The van der Waals surface area contributed by atoms with Crippen LogP contribution in [-0.4, -0.2) is 52.4 Å². The first-order chi connectivity index (χ1) is 13.4. The fourth-order valence-corrected chi connectivity index (χ4v) is 3.76. The minimum Gasteiger partial charge on any atom is -0.395 e. The van der Waals surface area contributed by atoms with Gasteiger partial charge in [0.2, 0.25) is 11.8 Å². The van der Waals surface area contributed by atoms with E-state index >= 15 is 0 Å². The van der Waals surface area contributed by atoms with Gasteiger partial charge in [-0.1, -0.05) is 17.7 Å². The van der Waals surface area contributed by atoms with Crippen LogP contribution in [0.3, 0.4) is 0 Å². The Balaban J connectivity index is 1.64. The Hall–Kier alpha value is -2.87. The van der Waals surface area contributed by atoms with Gasteiger partial charge in [-0.25, -0.2) is 0 Å². The quantitative estimate of drug-likeness (QED) is 0.664. The molecule has 1 aromatic heterocycles. The van der Waals surface area contributed by atoms with E-state index in [9.17, 15) is 9.59 Å². The predicted molar refractivity (Wildman–Crippen MR) is 107 cm³/mol. The van der Waals surface area contributed by atoms with E-state index in [2.05, 4.69) is 34.8 Å². The maximum absolute atomic E-state index is 13.0. The number of rotatable bonds is 7. The van der Waals surface area contributed by atoms with Crippen molar-refractivity contribution in [1.29, 1.82) is 0 Å². The summed E-state index contributed by atoms with van der Waals surface area (Å²) in [4.78, 5) is 26.5. The number of aliphatic hydroxyl groups is 1. The van der Waals surface area contributed by atoms with Gasteiger partial charge in [0.05, 0.1) is 18.5 Å². The number of hydrogen-bond donors (Lipinski definition) is 3. The van der Waals surface area contributed by atoms with Gasteiger partial charge in [-0.2, -0.15) is 5.10 Å². The molecule has 1 unspecified atom stereocenters. The lowest BCUT2D eigenvalue weighted by Gasteiger charge is -2.22. The zero-order valence-electron chi connectivity index (χ0n) is 16.5.